The summed E-state index contributed by atoms with van der Waals surface area (Å²) in [6.45, 7) is 3.50. The van der Waals surface area contributed by atoms with Crippen LogP contribution in [0.4, 0.5) is 13.2 Å². The van der Waals surface area contributed by atoms with Gasteiger partial charge in [0, 0.05) is 6.07 Å². The molecule has 3 aromatic carbocycles. The summed E-state index contributed by atoms with van der Waals surface area (Å²) in [4.78, 5) is 25.4. The predicted molar refractivity (Wildman–Crippen MR) is 121 cm³/mol. The molecule has 0 unspecified atom stereocenters. The number of rotatable bonds is 5. The van der Waals surface area contributed by atoms with Crippen molar-refractivity contribution in [2.24, 2.45) is 0 Å². The number of methoxy groups -OCH3 is 1. The lowest BCUT2D eigenvalue weighted by Gasteiger charge is -2.14. The SMILES string of the molecule is COc1ccc(C(=O)Oc2ccc3c(=O)c(Oc4cc(C)cc(C)c4)c(C(F)(F)F)oc3c2)cc1. The third-order valence-corrected chi connectivity index (χ3v) is 5.03. The van der Waals surface area contributed by atoms with Crippen LogP contribution in [0.3, 0.4) is 0 Å². The van der Waals surface area contributed by atoms with E-state index in [1.807, 2.05) is 6.07 Å². The highest BCUT2D eigenvalue weighted by atomic mass is 19.4. The maximum absolute atomic E-state index is 13.8. The second-order valence-corrected chi connectivity index (χ2v) is 7.79. The van der Waals surface area contributed by atoms with Crippen LogP contribution in [0.1, 0.15) is 27.2 Å². The fourth-order valence-electron chi connectivity index (χ4n) is 3.50. The first-order valence-electron chi connectivity index (χ1n) is 10.4. The van der Waals surface area contributed by atoms with Crippen molar-refractivity contribution in [1.82, 2.24) is 0 Å². The van der Waals surface area contributed by atoms with E-state index in [9.17, 15) is 22.8 Å². The van der Waals surface area contributed by atoms with E-state index in [0.29, 0.717) is 5.75 Å². The normalized spacial score (nSPS) is 11.4. The number of halogens is 3. The van der Waals surface area contributed by atoms with E-state index in [2.05, 4.69) is 0 Å². The van der Waals surface area contributed by atoms with Crippen molar-refractivity contribution in [1.29, 1.82) is 0 Å². The number of carbonyl (C=O) groups is 1. The molecule has 180 valence electrons. The molecular formula is C26H19F3O6. The van der Waals surface area contributed by atoms with Gasteiger partial charge in [-0.05, 0) is 73.5 Å². The lowest BCUT2D eigenvalue weighted by Crippen LogP contribution is -2.15. The van der Waals surface area contributed by atoms with E-state index < -0.39 is 34.7 Å². The molecule has 0 saturated carbocycles. The number of esters is 1. The Kier molecular flexibility index (Phi) is 6.26. The molecule has 0 atom stereocenters. The molecule has 4 rings (SSSR count). The Labute approximate surface area is 197 Å². The Morgan fingerprint density at radius 3 is 2.09 bits per heavy atom. The molecule has 0 aliphatic heterocycles. The van der Waals surface area contributed by atoms with Gasteiger partial charge in [-0.25, -0.2) is 4.79 Å². The van der Waals surface area contributed by atoms with Crippen LogP contribution in [0.15, 0.2) is 69.9 Å². The van der Waals surface area contributed by atoms with Crippen molar-refractivity contribution in [3.8, 4) is 23.0 Å². The molecule has 0 N–H and O–H groups in total. The van der Waals surface area contributed by atoms with Gasteiger partial charge in [-0.2, -0.15) is 13.2 Å². The molecule has 0 fully saturated rings. The molecule has 9 heteroatoms. The third kappa shape index (κ3) is 5.13. The number of fused-ring (bicyclic) bond motifs is 1. The fraction of sp³-hybridized carbons (Fsp3) is 0.154. The fourth-order valence-corrected chi connectivity index (χ4v) is 3.50. The molecule has 0 spiro atoms. The van der Waals surface area contributed by atoms with Gasteiger partial charge >= 0.3 is 12.1 Å². The monoisotopic (exact) mass is 484 g/mol. The minimum absolute atomic E-state index is 0.0738. The summed E-state index contributed by atoms with van der Waals surface area (Å²) in [5, 5.41) is -0.165. The lowest BCUT2D eigenvalue weighted by atomic mass is 10.1. The van der Waals surface area contributed by atoms with Crippen LogP contribution in [0, 0.1) is 13.8 Å². The molecule has 0 radical (unpaired) electrons. The van der Waals surface area contributed by atoms with Crippen LogP contribution in [0.25, 0.3) is 11.0 Å². The average molecular weight is 484 g/mol. The third-order valence-electron chi connectivity index (χ3n) is 5.03. The molecule has 1 aromatic heterocycles. The average Bonchev–Trinajstić information content (AvgIpc) is 2.79. The maximum Gasteiger partial charge on any atom is 0.453 e. The topological polar surface area (TPSA) is 75.0 Å². The van der Waals surface area contributed by atoms with Gasteiger partial charge in [0.05, 0.1) is 18.1 Å². The van der Waals surface area contributed by atoms with E-state index in [1.54, 1.807) is 26.0 Å². The second kappa shape index (κ2) is 9.17. The van der Waals surface area contributed by atoms with E-state index >= 15 is 0 Å². The minimum atomic E-state index is -5.02. The number of ether oxygens (including phenoxy) is 3. The van der Waals surface area contributed by atoms with Crippen LogP contribution >= 0.6 is 0 Å². The Hall–Kier alpha value is -4.27. The van der Waals surface area contributed by atoms with Crippen molar-refractivity contribution >= 4 is 16.9 Å². The number of hydrogen-bond acceptors (Lipinski definition) is 6. The highest BCUT2D eigenvalue weighted by Crippen LogP contribution is 2.39. The number of carbonyl (C=O) groups excluding carboxylic acids is 1. The van der Waals surface area contributed by atoms with Crippen molar-refractivity contribution < 1.29 is 36.6 Å². The summed E-state index contributed by atoms with van der Waals surface area (Å²) in [6, 6.07) is 14.5. The van der Waals surface area contributed by atoms with E-state index in [-0.39, 0.29) is 22.4 Å². The van der Waals surface area contributed by atoms with Crippen LogP contribution in [-0.4, -0.2) is 13.1 Å². The Balaban J connectivity index is 1.73. The largest absolute Gasteiger partial charge is 0.497 e. The van der Waals surface area contributed by atoms with Gasteiger partial charge in [0.15, 0.2) is 0 Å². The van der Waals surface area contributed by atoms with Crippen LogP contribution in [-0.2, 0) is 6.18 Å². The van der Waals surface area contributed by atoms with Crippen molar-refractivity contribution in [2.45, 2.75) is 20.0 Å². The molecule has 0 aliphatic rings. The summed E-state index contributed by atoms with van der Waals surface area (Å²) < 4.78 is 62.1. The summed E-state index contributed by atoms with van der Waals surface area (Å²) in [7, 11) is 1.48. The molecule has 6 nitrogen and oxygen atoms in total. The molecular weight excluding hydrogens is 465 g/mol. The Morgan fingerprint density at radius 1 is 0.857 bits per heavy atom. The second-order valence-electron chi connectivity index (χ2n) is 7.79. The van der Waals surface area contributed by atoms with Gasteiger partial charge in [-0.15, -0.1) is 0 Å². The zero-order chi connectivity index (χ0) is 25.3. The number of aryl methyl sites for hydroxylation is 2. The highest BCUT2D eigenvalue weighted by molar-refractivity contribution is 5.91. The number of hydrogen-bond donors (Lipinski definition) is 0. The van der Waals surface area contributed by atoms with Crippen molar-refractivity contribution in [3.05, 3.63) is 93.3 Å². The molecule has 4 aromatic rings. The highest BCUT2D eigenvalue weighted by Gasteiger charge is 2.40. The smallest absolute Gasteiger partial charge is 0.453 e. The van der Waals surface area contributed by atoms with E-state index in [1.165, 1.54) is 43.5 Å². The van der Waals surface area contributed by atoms with Gasteiger partial charge in [-0.3, -0.25) is 4.79 Å². The van der Waals surface area contributed by atoms with Crippen LogP contribution in [0.2, 0.25) is 0 Å². The first-order chi connectivity index (χ1) is 16.5. The first-order valence-corrected chi connectivity index (χ1v) is 10.4. The van der Waals surface area contributed by atoms with Crippen molar-refractivity contribution in [2.75, 3.05) is 7.11 Å². The lowest BCUT2D eigenvalue weighted by molar-refractivity contribution is -0.154. The molecule has 0 saturated heterocycles. The first kappa shape index (κ1) is 23.9. The molecule has 0 bridgehead atoms. The molecule has 0 amide bonds. The van der Waals surface area contributed by atoms with Gasteiger partial charge < -0.3 is 18.6 Å². The van der Waals surface area contributed by atoms with E-state index in [0.717, 1.165) is 17.2 Å². The summed E-state index contributed by atoms with van der Waals surface area (Å²) in [6.07, 6.45) is -5.02. The van der Waals surface area contributed by atoms with Crippen molar-refractivity contribution in [3.63, 3.8) is 0 Å². The summed E-state index contributed by atoms with van der Waals surface area (Å²) >= 11 is 0. The summed E-state index contributed by atoms with van der Waals surface area (Å²) in [5.41, 5.74) is 0.283. The van der Waals surface area contributed by atoms with E-state index in [4.69, 9.17) is 18.6 Å². The van der Waals surface area contributed by atoms with Gasteiger partial charge in [0.25, 0.3) is 5.76 Å². The van der Waals surface area contributed by atoms with Gasteiger partial charge in [-0.1, -0.05) is 6.07 Å². The summed E-state index contributed by atoms with van der Waals surface area (Å²) in [5.74, 6) is -2.80. The minimum Gasteiger partial charge on any atom is -0.497 e. The quantitative estimate of drug-likeness (QED) is 0.239. The molecule has 35 heavy (non-hydrogen) atoms. The Bertz CT molecular complexity index is 1450. The zero-order valence-corrected chi connectivity index (χ0v) is 18.9. The number of alkyl halides is 3. The standard InChI is InChI=1S/C26H19F3O6/c1-14-10-15(2)12-19(11-14)33-23-22(30)20-9-8-18(13-21(20)35-24(23)26(27,28)29)34-25(31)16-4-6-17(32-3)7-5-16/h4-13H,1-3H3. The predicted octanol–water partition coefficient (Wildman–Crippen LogP) is 6.45. The van der Waals surface area contributed by atoms with Gasteiger partial charge in [0.2, 0.25) is 11.2 Å². The maximum atomic E-state index is 13.8. The van der Waals surface area contributed by atoms with Crippen LogP contribution < -0.4 is 19.6 Å². The molecule has 0 aliphatic carbocycles. The zero-order valence-electron chi connectivity index (χ0n) is 18.9. The molecule has 1 heterocycles. The van der Waals surface area contributed by atoms with Crippen LogP contribution in [0.5, 0.6) is 23.0 Å². The van der Waals surface area contributed by atoms with Gasteiger partial charge in [0.1, 0.15) is 22.8 Å². The number of benzene rings is 3. The Morgan fingerprint density at radius 2 is 1.49 bits per heavy atom.